The number of carboxylic acids is 1. The Morgan fingerprint density at radius 1 is 1.39 bits per heavy atom. The largest absolute Gasteiger partial charge is 0.485 e. The summed E-state index contributed by atoms with van der Waals surface area (Å²) in [5.74, 6) is -1.68. The van der Waals surface area contributed by atoms with Gasteiger partial charge in [0.25, 0.3) is 0 Å². The zero-order valence-corrected chi connectivity index (χ0v) is 14.0. The number of halogens is 1. The third-order valence-corrected chi connectivity index (χ3v) is 4.50. The van der Waals surface area contributed by atoms with E-state index in [9.17, 15) is 23.5 Å². The van der Waals surface area contributed by atoms with Gasteiger partial charge in [-0.1, -0.05) is 6.07 Å². The molecule has 1 atom stereocenters. The van der Waals surface area contributed by atoms with Gasteiger partial charge < -0.3 is 24.1 Å². The number of rotatable bonds is 9. The Bertz CT molecular complexity index is 605. The minimum atomic E-state index is -4.41. The van der Waals surface area contributed by atoms with E-state index >= 15 is 0 Å². The van der Waals surface area contributed by atoms with Gasteiger partial charge in [0.05, 0.1) is 6.54 Å². The Hall–Kier alpha value is -1.47. The molecule has 9 heteroatoms. The molecule has 0 bridgehead atoms. The molecule has 0 radical (unpaired) electrons. The van der Waals surface area contributed by atoms with Crippen molar-refractivity contribution in [2.45, 2.75) is 13.8 Å². The summed E-state index contributed by atoms with van der Waals surface area (Å²) in [4.78, 5) is 29.4. The first-order valence-electron chi connectivity index (χ1n) is 7.07. The highest BCUT2D eigenvalue weighted by atomic mass is 31.2. The average molecular weight is 350 g/mol. The van der Waals surface area contributed by atoms with Crippen molar-refractivity contribution < 1.29 is 37.9 Å². The molecule has 0 aliphatic rings. The summed E-state index contributed by atoms with van der Waals surface area (Å²) in [6, 6.07) is 4.45. The van der Waals surface area contributed by atoms with Gasteiger partial charge in [0.2, 0.25) is 0 Å². The van der Waals surface area contributed by atoms with Crippen LogP contribution in [0.3, 0.4) is 0 Å². The normalized spacial score (nSPS) is 14.3. The van der Waals surface area contributed by atoms with Crippen LogP contribution in [0, 0.1) is 12.7 Å². The van der Waals surface area contributed by atoms with Crippen LogP contribution in [0.4, 0.5) is 4.39 Å². The fourth-order valence-corrected chi connectivity index (χ4v) is 3.54. The Morgan fingerprint density at radius 3 is 2.52 bits per heavy atom. The van der Waals surface area contributed by atoms with E-state index in [0.717, 1.165) is 5.56 Å². The standard InChI is InChI=1S/C14H21FNO6P/c1-3-16(9-14(17)18,10-23(19,20)21)6-7-22-13-5-4-11(2)8-12(13)15/h4-5,8H,3,6-7,9-10H2,1-2H3,(H2-,17,18,19,20,21)/p+1/t16-/m1/s1. The van der Waals surface area contributed by atoms with E-state index in [0.29, 0.717) is 0 Å². The second-order valence-electron chi connectivity index (χ2n) is 5.52. The Morgan fingerprint density at radius 2 is 2.04 bits per heavy atom. The van der Waals surface area contributed by atoms with Crippen LogP contribution in [-0.2, 0) is 9.36 Å². The Balaban J connectivity index is 2.80. The van der Waals surface area contributed by atoms with Crippen LogP contribution in [0.25, 0.3) is 0 Å². The van der Waals surface area contributed by atoms with Crippen LogP contribution in [-0.4, -0.2) is 57.9 Å². The number of aliphatic carboxylic acids is 1. The molecule has 1 aromatic rings. The molecule has 7 nitrogen and oxygen atoms in total. The van der Waals surface area contributed by atoms with Gasteiger partial charge in [-0.15, -0.1) is 0 Å². The molecule has 1 aromatic carbocycles. The fourth-order valence-electron chi connectivity index (χ4n) is 2.32. The van der Waals surface area contributed by atoms with Crippen LogP contribution in [0.5, 0.6) is 5.75 Å². The quantitative estimate of drug-likeness (QED) is 0.461. The molecule has 0 saturated carbocycles. The van der Waals surface area contributed by atoms with Crippen LogP contribution >= 0.6 is 7.60 Å². The number of likely N-dealkylation sites (N-methyl/N-ethyl adjacent to an activating group) is 1. The number of carbonyl (C=O) groups is 1. The van der Waals surface area contributed by atoms with Crippen LogP contribution in [0.1, 0.15) is 12.5 Å². The molecule has 0 heterocycles. The van der Waals surface area contributed by atoms with Crippen molar-refractivity contribution in [1.82, 2.24) is 0 Å². The van der Waals surface area contributed by atoms with Gasteiger partial charge in [-0.05, 0) is 31.5 Å². The van der Waals surface area contributed by atoms with E-state index in [1.54, 1.807) is 19.9 Å². The number of aryl methyl sites for hydroxylation is 1. The second kappa shape index (κ2) is 7.88. The third kappa shape index (κ3) is 6.66. The van der Waals surface area contributed by atoms with Gasteiger partial charge in [-0.25, -0.2) is 9.18 Å². The summed E-state index contributed by atoms with van der Waals surface area (Å²) in [6.45, 7) is 3.13. The molecule has 0 saturated heterocycles. The van der Waals surface area contributed by atoms with E-state index in [1.165, 1.54) is 12.1 Å². The average Bonchev–Trinajstić information content (AvgIpc) is 2.38. The maximum Gasteiger partial charge on any atom is 0.379 e. The monoisotopic (exact) mass is 350 g/mol. The highest BCUT2D eigenvalue weighted by Crippen LogP contribution is 2.38. The summed E-state index contributed by atoms with van der Waals surface area (Å²) < 4.78 is 30.0. The molecule has 3 N–H and O–H groups in total. The number of hydrogen-bond acceptors (Lipinski definition) is 3. The summed E-state index contributed by atoms with van der Waals surface area (Å²) in [5, 5.41) is 9.00. The zero-order valence-electron chi connectivity index (χ0n) is 13.1. The molecule has 0 aromatic heterocycles. The molecular formula is C14H22FNO6P+. The van der Waals surface area contributed by atoms with E-state index in [2.05, 4.69) is 0 Å². The molecule has 0 aliphatic heterocycles. The van der Waals surface area contributed by atoms with Gasteiger partial charge in [-0.3, -0.25) is 4.57 Å². The molecule has 0 spiro atoms. The molecule has 0 aliphatic carbocycles. The first-order valence-corrected chi connectivity index (χ1v) is 8.87. The lowest BCUT2D eigenvalue weighted by Crippen LogP contribution is -2.53. The third-order valence-electron chi connectivity index (χ3n) is 3.54. The summed E-state index contributed by atoms with van der Waals surface area (Å²) in [5.41, 5.74) is 0.737. The molecule has 0 amide bonds. The van der Waals surface area contributed by atoms with Crippen molar-refractivity contribution in [3.8, 4) is 5.75 Å². The van der Waals surface area contributed by atoms with Gasteiger partial charge in [0.15, 0.2) is 24.4 Å². The lowest BCUT2D eigenvalue weighted by molar-refractivity contribution is -0.909. The number of hydrogen-bond donors (Lipinski definition) is 3. The fraction of sp³-hybridized carbons (Fsp3) is 0.500. The van der Waals surface area contributed by atoms with Gasteiger partial charge in [-0.2, -0.15) is 0 Å². The first-order chi connectivity index (χ1) is 10.6. The van der Waals surface area contributed by atoms with Gasteiger partial charge >= 0.3 is 13.6 Å². The Labute approximate surface area is 134 Å². The predicted molar refractivity (Wildman–Crippen MR) is 81.7 cm³/mol. The maximum atomic E-state index is 13.7. The molecular weight excluding hydrogens is 328 g/mol. The minimum absolute atomic E-state index is 0.0244. The minimum Gasteiger partial charge on any atom is -0.485 e. The second-order valence-corrected chi connectivity index (χ2v) is 7.13. The van der Waals surface area contributed by atoms with Crippen molar-refractivity contribution in [3.63, 3.8) is 0 Å². The highest BCUT2D eigenvalue weighted by Gasteiger charge is 2.36. The number of nitrogens with zero attached hydrogens (tertiary/aromatic N) is 1. The number of benzene rings is 1. The maximum absolute atomic E-state index is 13.7. The SMILES string of the molecule is CC[N@@+](CCOc1ccc(C)cc1F)(CC(=O)O)CP(=O)(O)O. The van der Waals surface area contributed by atoms with Crippen molar-refractivity contribution in [1.29, 1.82) is 0 Å². The van der Waals surface area contributed by atoms with E-state index in [4.69, 9.17) is 9.84 Å². The molecule has 0 unspecified atom stereocenters. The molecule has 23 heavy (non-hydrogen) atoms. The van der Waals surface area contributed by atoms with E-state index in [1.807, 2.05) is 0 Å². The van der Waals surface area contributed by atoms with Crippen LogP contribution < -0.4 is 4.74 Å². The van der Waals surface area contributed by atoms with Gasteiger partial charge in [0.1, 0.15) is 13.2 Å². The predicted octanol–water partition coefficient (Wildman–Crippen LogP) is 1.57. The lowest BCUT2D eigenvalue weighted by Gasteiger charge is -2.35. The lowest BCUT2D eigenvalue weighted by atomic mass is 10.2. The zero-order chi connectivity index (χ0) is 17.7. The van der Waals surface area contributed by atoms with E-state index in [-0.39, 0.29) is 29.9 Å². The molecule has 130 valence electrons. The van der Waals surface area contributed by atoms with Crippen LogP contribution in [0.2, 0.25) is 0 Å². The van der Waals surface area contributed by atoms with Gasteiger partial charge in [0, 0.05) is 0 Å². The van der Waals surface area contributed by atoms with Crippen molar-refractivity contribution in [2.24, 2.45) is 0 Å². The molecule has 0 fully saturated rings. The number of carboxylic acid groups (broad SMARTS) is 1. The van der Waals surface area contributed by atoms with Crippen molar-refractivity contribution in [2.75, 3.05) is 32.5 Å². The summed E-state index contributed by atoms with van der Waals surface area (Å²) in [6.07, 6.45) is -0.602. The molecule has 1 rings (SSSR count). The Kier molecular flexibility index (Phi) is 6.70. The van der Waals surface area contributed by atoms with Crippen LogP contribution in [0.15, 0.2) is 18.2 Å². The first kappa shape index (κ1) is 19.6. The smallest absolute Gasteiger partial charge is 0.379 e. The number of quaternary nitrogens is 1. The summed E-state index contributed by atoms with van der Waals surface area (Å²) in [7, 11) is -4.41. The van der Waals surface area contributed by atoms with Crippen molar-refractivity contribution in [3.05, 3.63) is 29.6 Å². The topological polar surface area (TPSA) is 104 Å². The van der Waals surface area contributed by atoms with Crippen molar-refractivity contribution >= 4 is 13.6 Å². The number of ether oxygens (including phenoxy) is 1. The summed E-state index contributed by atoms with van der Waals surface area (Å²) >= 11 is 0. The van der Waals surface area contributed by atoms with E-state index < -0.39 is 32.2 Å². The highest BCUT2D eigenvalue weighted by molar-refractivity contribution is 7.51.